The molecule has 136 valence electrons. The van der Waals surface area contributed by atoms with Gasteiger partial charge in [0.05, 0.1) is 11.4 Å². The van der Waals surface area contributed by atoms with Gasteiger partial charge in [0.2, 0.25) is 5.82 Å². The summed E-state index contributed by atoms with van der Waals surface area (Å²) in [5.41, 5.74) is 3.85. The molecule has 2 aromatic carbocycles. The summed E-state index contributed by atoms with van der Waals surface area (Å²) in [4.78, 5) is 6.45. The Balaban J connectivity index is 1.65. The number of rotatable bonds is 4. The molecule has 0 aliphatic heterocycles. The molecule has 2 aromatic heterocycles. The van der Waals surface area contributed by atoms with Crippen LogP contribution in [0.1, 0.15) is 5.69 Å². The highest BCUT2D eigenvalue weighted by Crippen LogP contribution is 2.25. The monoisotopic (exact) mass is 364 g/mol. The molecule has 0 unspecified atom stereocenters. The van der Waals surface area contributed by atoms with Crippen molar-refractivity contribution in [3.8, 4) is 28.7 Å². The quantitative estimate of drug-likeness (QED) is 0.552. The van der Waals surface area contributed by atoms with Gasteiger partial charge < -0.3 is 9.42 Å². The van der Waals surface area contributed by atoms with Crippen LogP contribution < -0.4 is 4.90 Å². The molecule has 0 spiro atoms. The predicted octanol–water partition coefficient (Wildman–Crippen LogP) is 3.50. The molecule has 7 nitrogen and oxygen atoms in total. The highest BCUT2D eigenvalue weighted by atomic mass is 19.1. The van der Waals surface area contributed by atoms with Crippen LogP contribution >= 0.6 is 0 Å². The molecule has 0 aliphatic rings. The Labute approximate surface area is 155 Å². The minimum Gasteiger partial charge on any atom is -0.378 e. The van der Waals surface area contributed by atoms with Gasteiger partial charge in [0.25, 0.3) is 5.89 Å². The second-order valence-electron chi connectivity index (χ2n) is 6.28. The second kappa shape index (κ2) is 6.64. The first-order valence-corrected chi connectivity index (χ1v) is 8.33. The zero-order valence-corrected chi connectivity index (χ0v) is 15.1. The van der Waals surface area contributed by atoms with E-state index in [1.54, 1.807) is 16.8 Å². The van der Waals surface area contributed by atoms with Crippen molar-refractivity contribution in [3.05, 3.63) is 60.0 Å². The van der Waals surface area contributed by atoms with Gasteiger partial charge in [-0.3, -0.25) is 0 Å². The number of nitrogens with zero attached hydrogens (tertiary/aromatic N) is 6. The van der Waals surface area contributed by atoms with E-state index in [0.29, 0.717) is 23.1 Å². The Hall–Kier alpha value is -3.55. The molecule has 0 bridgehead atoms. The first kappa shape index (κ1) is 16.9. The maximum atomic E-state index is 13.1. The van der Waals surface area contributed by atoms with Crippen molar-refractivity contribution in [2.45, 2.75) is 6.92 Å². The third kappa shape index (κ3) is 3.17. The van der Waals surface area contributed by atoms with E-state index in [9.17, 15) is 4.39 Å². The van der Waals surface area contributed by atoms with Crippen molar-refractivity contribution < 1.29 is 8.91 Å². The fraction of sp³-hybridized carbons (Fsp3) is 0.158. The van der Waals surface area contributed by atoms with E-state index in [1.165, 1.54) is 12.1 Å². The van der Waals surface area contributed by atoms with Gasteiger partial charge in [-0.25, -0.2) is 9.07 Å². The molecule has 0 aliphatic carbocycles. The van der Waals surface area contributed by atoms with E-state index in [2.05, 4.69) is 20.5 Å². The number of hydrogen-bond donors (Lipinski definition) is 0. The van der Waals surface area contributed by atoms with Crippen LogP contribution in [0.3, 0.4) is 0 Å². The number of benzene rings is 2. The summed E-state index contributed by atoms with van der Waals surface area (Å²) in [5, 5.41) is 12.3. The fourth-order valence-corrected chi connectivity index (χ4v) is 2.70. The van der Waals surface area contributed by atoms with E-state index in [4.69, 9.17) is 4.52 Å². The van der Waals surface area contributed by atoms with E-state index >= 15 is 0 Å². The van der Waals surface area contributed by atoms with Gasteiger partial charge >= 0.3 is 0 Å². The van der Waals surface area contributed by atoms with Crippen LogP contribution in [0.25, 0.3) is 28.7 Å². The molecule has 2 heterocycles. The molecule has 0 saturated heterocycles. The van der Waals surface area contributed by atoms with Crippen molar-refractivity contribution in [3.63, 3.8) is 0 Å². The molecule has 0 amide bonds. The smallest absolute Gasteiger partial charge is 0.258 e. The summed E-state index contributed by atoms with van der Waals surface area (Å²) in [6, 6.07) is 13.8. The fourth-order valence-electron chi connectivity index (χ4n) is 2.70. The molecule has 0 radical (unpaired) electrons. The van der Waals surface area contributed by atoms with Crippen LogP contribution in [0.2, 0.25) is 0 Å². The molecular formula is C19H17FN6O. The summed E-state index contributed by atoms with van der Waals surface area (Å²) in [5.74, 6) is 0.457. The summed E-state index contributed by atoms with van der Waals surface area (Å²) in [6.07, 6.45) is 0. The molecule has 27 heavy (non-hydrogen) atoms. The number of anilines is 1. The van der Waals surface area contributed by atoms with Crippen LogP contribution in [0.5, 0.6) is 0 Å². The highest BCUT2D eigenvalue weighted by molar-refractivity contribution is 5.61. The van der Waals surface area contributed by atoms with Crippen molar-refractivity contribution in [1.82, 2.24) is 25.1 Å². The predicted molar refractivity (Wildman–Crippen MR) is 99.1 cm³/mol. The lowest BCUT2D eigenvalue weighted by Gasteiger charge is -2.11. The molecule has 8 heteroatoms. The van der Waals surface area contributed by atoms with Gasteiger partial charge in [-0.05, 0) is 55.5 Å². The molecule has 0 atom stereocenters. The molecule has 0 fully saturated rings. The zero-order chi connectivity index (χ0) is 19.0. The summed E-state index contributed by atoms with van der Waals surface area (Å²) < 4.78 is 20.1. The Morgan fingerprint density at radius 1 is 1.00 bits per heavy atom. The Bertz CT molecular complexity index is 1070. The first-order valence-electron chi connectivity index (χ1n) is 8.33. The third-order valence-corrected chi connectivity index (χ3v) is 4.23. The van der Waals surface area contributed by atoms with Gasteiger partial charge in [-0.15, -0.1) is 5.10 Å². The van der Waals surface area contributed by atoms with Gasteiger partial charge in [-0.1, -0.05) is 10.4 Å². The van der Waals surface area contributed by atoms with E-state index in [-0.39, 0.29) is 5.82 Å². The van der Waals surface area contributed by atoms with Crippen LogP contribution in [-0.2, 0) is 0 Å². The highest BCUT2D eigenvalue weighted by Gasteiger charge is 2.18. The van der Waals surface area contributed by atoms with Crippen molar-refractivity contribution in [1.29, 1.82) is 0 Å². The average molecular weight is 364 g/mol. The normalized spacial score (nSPS) is 11.0. The topological polar surface area (TPSA) is 72.9 Å². The van der Waals surface area contributed by atoms with E-state index in [1.807, 2.05) is 50.2 Å². The van der Waals surface area contributed by atoms with Crippen LogP contribution in [0.4, 0.5) is 10.1 Å². The molecule has 4 rings (SSSR count). The average Bonchev–Trinajstić information content (AvgIpc) is 3.29. The van der Waals surface area contributed by atoms with Crippen LogP contribution in [-0.4, -0.2) is 39.2 Å². The summed E-state index contributed by atoms with van der Waals surface area (Å²) in [6.45, 7) is 1.85. The second-order valence-corrected chi connectivity index (χ2v) is 6.28. The van der Waals surface area contributed by atoms with Gasteiger partial charge in [0.1, 0.15) is 5.82 Å². The number of halogens is 1. The SMILES string of the molecule is Cc1c(-c2noc(-c3ccc(N(C)C)cc3)n2)nnn1-c1ccc(F)cc1. The standard InChI is InChI=1S/C19H17FN6O/c1-12-17(22-24-26(12)16-10-6-14(20)7-11-16)18-21-19(27-23-18)13-4-8-15(9-5-13)25(2)3/h4-11H,1-3H3. The largest absolute Gasteiger partial charge is 0.378 e. The summed E-state index contributed by atoms with van der Waals surface area (Å²) >= 11 is 0. The lowest BCUT2D eigenvalue weighted by atomic mass is 10.2. The Morgan fingerprint density at radius 3 is 2.37 bits per heavy atom. The maximum absolute atomic E-state index is 13.1. The zero-order valence-electron chi connectivity index (χ0n) is 15.1. The van der Waals surface area contributed by atoms with Gasteiger partial charge in [0.15, 0.2) is 5.69 Å². The molecular weight excluding hydrogens is 347 g/mol. The van der Waals surface area contributed by atoms with Gasteiger partial charge in [-0.2, -0.15) is 4.98 Å². The minimum absolute atomic E-state index is 0.306. The molecule has 0 N–H and O–H groups in total. The summed E-state index contributed by atoms with van der Waals surface area (Å²) in [7, 11) is 3.96. The number of hydrogen-bond acceptors (Lipinski definition) is 6. The van der Waals surface area contributed by atoms with Crippen LogP contribution in [0.15, 0.2) is 53.1 Å². The van der Waals surface area contributed by atoms with Crippen molar-refractivity contribution in [2.24, 2.45) is 0 Å². The van der Waals surface area contributed by atoms with E-state index < -0.39 is 0 Å². The number of aromatic nitrogens is 5. The molecule has 4 aromatic rings. The van der Waals surface area contributed by atoms with Crippen LogP contribution in [0, 0.1) is 12.7 Å². The Morgan fingerprint density at radius 2 is 1.70 bits per heavy atom. The first-order chi connectivity index (χ1) is 13.0. The van der Waals surface area contributed by atoms with Gasteiger partial charge in [0, 0.05) is 25.3 Å². The third-order valence-electron chi connectivity index (χ3n) is 4.23. The van der Waals surface area contributed by atoms with E-state index in [0.717, 1.165) is 16.9 Å². The lowest BCUT2D eigenvalue weighted by molar-refractivity contribution is 0.432. The van der Waals surface area contributed by atoms with Crippen molar-refractivity contribution >= 4 is 5.69 Å². The molecule has 0 saturated carbocycles. The van der Waals surface area contributed by atoms with Crippen molar-refractivity contribution in [2.75, 3.05) is 19.0 Å². The Kier molecular flexibility index (Phi) is 4.15. The maximum Gasteiger partial charge on any atom is 0.258 e. The lowest BCUT2D eigenvalue weighted by Crippen LogP contribution is -2.07. The minimum atomic E-state index is -0.306.